The van der Waals surface area contributed by atoms with Crippen molar-refractivity contribution in [1.82, 2.24) is 10.2 Å². The highest BCUT2D eigenvalue weighted by Crippen LogP contribution is 2.40. The first-order valence-corrected chi connectivity index (χ1v) is 8.59. The van der Waals surface area contributed by atoms with Crippen LogP contribution >= 0.6 is 11.8 Å². The minimum atomic E-state index is -2.04. The van der Waals surface area contributed by atoms with Crippen molar-refractivity contribution in [1.29, 1.82) is 0 Å². The van der Waals surface area contributed by atoms with E-state index < -0.39 is 35.4 Å². The van der Waals surface area contributed by atoms with Gasteiger partial charge in [0.25, 0.3) is 6.08 Å². The zero-order chi connectivity index (χ0) is 18.8. The molecule has 2 heterocycles. The van der Waals surface area contributed by atoms with Crippen molar-refractivity contribution in [2.75, 3.05) is 0 Å². The molecular weight excluding hydrogens is 366 g/mol. The van der Waals surface area contributed by atoms with E-state index in [2.05, 4.69) is 5.32 Å². The first-order valence-electron chi connectivity index (χ1n) is 7.65. The molecule has 0 spiro atoms. The van der Waals surface area contributed by atoms with Gasteiger partial charge in [0.1, 0.15) is 11.4 Å². The summed E-state index contributed by atoms with van der Waals surface area (Å²) in [6.45, 7) is 0. The number of carbonyl (C=O) groups excluding carboxylic acids is 2. The number of benzene rings is 1. The van der Waals surface area contributed by atoms with Gasteiger partial charge in [-0.2, -0.15) is 8.78 Å². The van der Waals surface area contributed by atoms with Crippen molar-refractivity contribution >= 4 is 29.5 Å². The summed E-state index contributed by atoms with van der Waals surface area (Å²) < 4.78 is 25.0. The van der Waals surface area contributed by atoms with E-state index in [0.29, 0.717) is 6.08 Å². The van der Waals surface area contributed by atoms with Crippen molar-refractivity contribution in [3.05, 3.63) is 59.0 Å². The molecular formula is C17H14F2N2O4S. The Bertz CT molecular complexity index is 808. The molecule has 26 heavy (non-hydrogen) atoms. The van der Waals surface area contributed by atoms with Gasteiger partial charge in [0, 0.05) is 6.08 Å². The SMILES string of the molecule is O=C(Cc1ccccc1)NC1C(=O)N2C(C(=O)O)C(C=C(F)F)=CS[C@@H]12. The minimum Gasteiger partial charge on any atom is -0.479 e. The fraction of sp³-hybridized carbons (Fsp3) is 0.235. The summed E-state index contributed by atoms with van der Waals surface area (Å²) in [6.07, 6.45) is -1.51. The van der Waals surface area contributed by atoms with Gasteiger partial charge in [-0.05, 0) is 16.5 Å². The Hall–Kier alpha value is -2.68. The molecule has 1 aromatic rings. The van der Waals surface area contributed by atoms with Gasteiger partial charge in [0.15, 0.2) is 6.04 Å². The Kier molecular flexibility index (Phi) is 5.08. The number of fused-ring (bicyclic) bond motifs is 1. The number of β-lactam (4-membered cyclic amide) rings is 1. The number of hydrogen-bond acceptors (Lipinski definition) is 4. The standard InChI is InChI=1S/C17H14F2N2O4S/c18-11(19)7-10-8-26-16-13(15(23)21(16)14(10)17(24)25)20-12(22)6-9-4-2-1-3-5-9/h1-5,7-8,13-14,16H,6H2,(H,20,22)(H,24,25)/t13?,14?,16-/m0/s1. The fourth-order valence-corrected chi connectivity index (χ4v) is 4.11. The topological polar surface area (TPSA) is 86.7 Å². The normalized spacial score (nSPS) is 24.1. The quantitative estimate of drug-likeness (QED) is 0.760. The Labute approximate surface area is 151 Å². The lowest BCUT2D eigenvalue weighted by molar-refractivity contribution is -0.159. The number of nitrogens with zero attached hydrogens (tertiary/aromatic N) is 1. The highest BCUT2D eigenvalue weighted by Gasteiger charge is 2.55. The third-order valence-electron chi connectivity index (χ3n) is 4.05. The second-order valence-corrected chi connectivity index (χ2v) is 6.76. The molecule has 3 rings (SSSR count). The van der Waals surface area contributed by atoms with Crippen molar-refractivity contribution in [2.45, 2.75) is 23.9 Å². The van der Waals surface area contributed by atoms with Crippen LogP contribution in [0.3, 0.4) is 0 Å². The molecule has 2 unspecified atom stereocenters. The average molecular weight is 380 g/mol. The van der Waals surface area contributed by atoms with Gasteiger partial charge in [0.05, 0.1) is 6.42 Å². The molecule has 6 nitrogen and oxygen atoms in total. The summed E-state index contributed by atoms with van der Waals surface area (Å²) in [7, 11) is 0. The van der Waals surface area contributed by atoms with Crippen LogP contribution in [0.25, 0.3) is 0 Å². The molecule has 2 amide bonds. The van der Waals surface area contributed by atoms with E-state index in [0.717, 1.165) is 22.2 Å². The molecule has 2 aliphatic rings. The summed E-state index contributed by atoms with van der Waals surface area (Å²) >= 11 is 1.03. The van der Waals surface area contributed by atoms with Crippen LogP contribution in [0.2, 0.25) is 0 Å². The van der Waals surface area contributed by atoms with Gasteiger partial charge >= 0.3 is 5.97 Å². The van der Waals surface area contributed by atoms with Crippen LogP contribution in [0.1, 0.15) is 5.56 Å². The first kappa shape index (κ1) is 18.1. The van der Waals surface area contributed by atoms with Crippen molar-refractivity contribution < 1.29 is 28.3 Å². The van der Waals surface area contributed by atoms with Gasteiger partial charge < -0.3 is 15.3 Å². The zero-order valence-electron chi connectivity index (χ0n) is 13.3. The molecule has 1 fully saturated rings. The van der Waals surface area contributed by atoms with E-state index in [4.69, 9.17) is 0 Å². The smallest absolute Gasteiger partial charge is 0.331 e. The van der Waals surface area contributed by atoms with Crippen molar-refractivity contribution in [2.24, 2.45) is 0 Å². The van der Waals surface area contributed by atoms with Crippen LogP contribution in [0, 0.1) is 0 Å². The maximum atomic E-state index is 12.5. The van der Waals surface area contributed by atoms with Gasteiger partial charge in [0.2, 0.25) is 11.8 Å². The van der Waals surface area contributed by atoms with Gasteiger partial charge in [-0.1, -0.05) is 30.3 Å². The van der Waals surface area contributed by atoms with E-state index in [9.17, 15) is 28.3 Å². The number of nitrogens with one attached hydrogen (secondary N) is 1. The number of carboxylic acids is 1. The predicted octanol–water partition coefficient (Wildman–Crippen LogP) is 1.75. The zero-order valence-corrected chi connectivity index (χ0v) is 14.1. The molecule has 0 aromatic heterocycles. The Balaban J connectivity index is 1.71. The number of carboxylic acid groups (broad SMARTS) is 1. The molecule has 3 atom stereocenters. The third-order valence-corrected chi connectivity index (χ3v) is 5.24. The lowest BCUT2D eigenvalue weighted by Crippen LogP contribution is -2.73. The second-order valence-electron chi connectivity index (χ2n) is 5.77. The highest BCUT2D eigenvalue weighted by atomic mass is 32.2. The Morgan fingerprint density at radius 3 is 2.58 bits per heavy atom. The van der Waals surface area contributed by atoms with Crippen molar-refractivity contribution in [3.63, 3.8) is 0 Å². The Morgan fingerprint density at radius 1 is 1.27 bits per heavy atom. The number of aliphatic carboxylic acids is 1. The average Bonchev–Trinajstić information content (AvgIpc) is 2.59. The summed E-state index contributed by atoms with van der Waals surface area (Å²) in [5.41, 5.74) is 0.611. The number of halogens is 2. The number of rotatable bonds is 5. The highest BCUT2D eigenvalue weighted by molar-refractivity contribution is 8.03. The Morgan fingerprint density at radius 2 is 1.96 bits per heavy atom. The van der Waals surface area contributed by atoms with E-state index in [-0.39, 0.29) is 17.9 Å². The summed E-state index contributed by atoms with van der Waals surface area (Å²) in [5.74, 6) is -2.37. The van der Waals surface area contributed by atoms with Gasteiger partial charge in [-0.3, -0.25) is 9.59 Å². The molecule has 136 valence electrons. The largest absolute Gasteiger partial charge is 0.479 e. The van der Waals surface area contributed by atoms with Crippen LogP contribution in [0.5, 0.6) is 0 Å². The van der Waals surface area contributed by atoms with E-state index in [1.807, 2.05) is 6.07 Å². The minimum absolute atomic E-state index is 0.0846. The number of amides is 2. The molecule has 1 saturated heterocycles. The van der Waals surface area contributed by atoms with Crippen LogP contribution in [0.15, 0.2) is 53.5 Å². The molecule has 0 aliphatic carbocycles. The summed E-state index contributed by atoms with van der Waals surface area (Å²) in [6, 6.07) is 6.58. The predicted molar refractivity (Wildman–Crippen MR) is 90.1 cm³/mol. The van der Waals surface area contributed by atoms with Crippen LogP contribution < -0.4 is 5.32 Å². The molecule has 0 bridgehead atoms. The summed E-state index contributed by atoms with van der Waals surface area (Å²) in [4.78, 5) is 36.9. The van der Waals surface area contributed by atoms with Gasteiger partial charge in [-0.15, -0.1) is 11.8 Å². The molecule has 0 saturated carbocycles. The number of hydrogen-bond donors (Lipinski definition) is 2. The van der Waals surface area contributed by atoms with E-state index in [1.165, 1.54) is 5.41 Å². The van der Waals surface area contributed by atoms with Crippen molar-refractivity contribution in [3.8, 4) is 0 Å². The summed E-state index contributed by atoms with van der Waals surface area (Å²) in [5, 5.41) is 12.6. The lowest BCUT2D eigenvalue weighted by Gasteiger charge is -2.51. The van der Waals surface area contributed by atoms with Gasteiger partial charge in [-0.25, -0.2) is 4.79 Å². The van der Waals surface area contributed by atoms with E-state index >= 15 is 0 Å². The maximum absolute atomic E-state index is 12.5. The first-order chi connectivity index (χ1) is 12.4. The molecule has 2 aliphatic heterocycles. The number of thioether (sulfide) groups is 1. The molecule has 2 N–H and O–H groups in total. The lowest BCUT2D eigenvalue weighted by atomic mass is 9.97. The molecule has 0 radical (unpaired) electrons. The van der Waals surface area contributed by atoms with Crippen LogP contribution in [-0.2, 0) is 20.8 Å². The second kappa shape index (κ2) is 7.28. The number of carbonyl (C=O) groups is 3. The maximum Gasteiger partial charge on any atom is 0.331 e. The molecule has 1 aromatic carbocycles. The van der Waals surface area contributed by atoms with Crippen LogP contribution in [-0.4, -0.2) is 45.2 Å². The van der Waals surface area contributed by atoms with E-state index in [1.54, 1.807) is 24.3 Å². The fourth-order valence-electron chi connectivity index (χ4n) is 2.92. The van der Waals surface area contributed by atoms with Crippen LogP contribution in [0.4, 0.5) is 8.78 Å². The monoisotopic (exact) mass is 380 g/mol. The third kappa shape index (κ3) is 3.48. The molecule has 9 heteroatoms.